The van der Waals surface area contributed by atoms with Gasteiger partial charge in [-0.15, -0.1) is 13.2 Å². The van der Waals surface area contributed by atoms with Gasteiger partial charge in [-0.05, 0) is 42.0 Å². The molecule has 10 heteroatoms. The van der Waals surface area contributed by atoms with E-state index in [2.05, 4.69) is 20.3 Å². The number of nitrogens with one attached hydrogen (secondary N) is 2. The number of aromatic amines is 1. The SMILES string of the molecule is FC(F)(F)Oc1ccc(NCc2cn[nH]c2-c2ccc(C(F)(F)F)cc2)cc1. The van der Waals surface area contributed by atoms with Crippen LogP contribution < -0.4 is 10.1 Å². The van der Waals surface area contributed by atoms with Crippen LogP contribution in [0, 0.1) is 0 Å². The number of benzene rings is 2. The lowest BCUT2D eigenvalue weighted by molar-refractivity contribution is -0.274. The Morgan fingerprint density at radius 2 is 1.54 bits per heavy atom. The minimum absolute atomic E-state index is 0.256. The smallest absolute Gasteiger partial charge is 0.406 e. The number of anilines is 1. The molecule has 0 fully saturated rings. The molecule has 1 heterocycles. The minimum atomic E-state index is -4.76. The van der Waals surface area contributed by atoms with Crippen molar-refractivity contribution in [1.29, 1.82) is 0 Å². The molecule has 0 saturated carbocycles. The Morgan fingerprint density at radius 3 is 2.11 bits per heavy atom. The molecule has 2 N–H and O–H groups in total. The molecule has 1 aromatic heterocycles. The van der Waals surface area contributed by atoms with Crippen LogP contribution in [0.5, 0.6) is 5.75 Å². The summed E-state index contributed by atoms with van der Waals surface area (Å²) in [4.78, 5) is 0. The summed E-state index contributed by atoms with van der Waals surface area (Å²) in [7, 11) is 0. The summed E-state index contributed by atoms with van der Waals surface area (Å²) in [5.74, 6) is -0.341. The molecule has 0 spiro atoms. The third kappa shape index (κ3) is 4.96. The van der Waals surface area contributed by atoms with Crippen LogP contribution >= 0.6 is 0 Å². The normalized spacial score (nSPS) is 12.1. The van der Waals surface area contributed by atoms with E-state index in [1.807, 2.05) is 0 Å². The van der Waals surface area contributed by atoms with Crippen LogP contribution in [0.2, 0.25) is 0 Å². The van der Waals surface area contributed by atoms with Gasteiger partial charge in [-0.2, -0.15) is 18.3 Å². The zero-order chi connectivity index (χ0) is 20.4. The van der Waals surface area contributed by atoms with Gasteiger partial charge in [0.1, 0.15) is 5.75 Å². The van der Waals surface area contributed by atoms with Gasteiger partial charge in [0.05, 0.1) is 17.5 Å². The van der Waals surface area contributed by atoms with Gasteiger partial charge < -0.3 is 10.1 Å². The lowest BCUT2D eigenvalue weighted by atomic mass is 10.1. The maximum absolute atomic E-state index is 12.7. The highest BCUT2D eigenvalue weighted by atomic mass is 19.4. The fraction of sp³-hybridized carbons (Fsp3) is 0.167. The van der Waals surface area contributed by atoms with Crippen molar-refractivity contribution < 1.29 is 31.1 Å². The fourth-order valence-corrected chi connectivity index (χ4v) is 2.49. The van der Waals surface area contributed by atoms with Crippen LogP contribution in [0.25, 0.3) is 11.3 Å². The molecule has 0 aliphatic rings. The molecule has 0 aliphatic heterocycles. The molecule has 0 bridgehead atoms. The summed E-state index contributed by atoms with van der Waals surface area (Å²) in [6.45, 7) is 0.256. The van der Waals surface area contributed by atoms with Crippen LogP contribution in [-0.2, 0) is 12.7 Å². The molecule has 0 atom stereocenters. The molecule has 4 nitrogen and oxygen atoms in total. The molecule has 0 aliphatic carbocycles. The van der Waals surface area contributed by atoms with E-state index in [0.717, 1.165) is 12.1 Å². The maximum atomic E-state index is 12.7. The molecular weight excluding hydrogens is 388 g/mol. The summed E-state index contributed by atoms with van der Waals surface area (Å²) in [5, 5.41) is 9.65. The van der Waals surface area contributed by atoms with E-state index in [-0.39, 0.29) is 12.3 Å². The van der Waals surface area contributed by atoms with Crippen molar-refractivity contribution in [2.24, 2.45) is 0 Å². The quantitative estimate of drug-likeness (QED) is 0.547. The predicted molar refractivity (Wildman–Crippen MR) is 89.5 cm³/mol. The van der Waals surface area contributed by atoms with Crippen molar-refractivity contribution in [1.82, 2.24) is 10.2 Å². The second kappa shape index (κ2) is 7.45. The van der Waals surface area contributed by atoms with E-state index in [0.29, 0.717) is 22.5 Å². The summed E-state index contributed by atoms with van der Waals surface area (Å²) < 4.78 is 78.3. The first kappa shape index (κ1) is 19.6. The Hall–Kier alpha value is -3.17. The van der Waals surface area contributed by atoms with Crippen LogP contribution in [0.15, 0.2) is 54.7 Å². The van der Waals surface area contributed by atoms with Crippen LogP contribution in [-0.4, -0.2) is 16.6 Å². The van der Waals surface area contributed by atoms with E-state index < -0.39 is 18.1 Å². The molecule has 3 rings (SSSR count). The van der Waals surface area contributed by atoms with Crippen LogP contribution in [0.1, 0.15) is 11.1 Å². The number of H-pyrrole nitrogens is 1. The monoisotopic (exact) mass is 401 g/mol. The highest BCUT2D eigenvalue weighted by molar-refractivity contribution is 5.63. The van der Waals surface area contributed by atoms with Crippen LogP contribution in [0.3, 0.4) is 0 Å². The van der Waals surface area contributed by atoms with Gasteiger partial charge in [0.25, 0.3) is 0 Å². The highest BCUT2D eigenvalue weighted by Crippen LogP contribution is 2.31. The summed E-state index contributed by atoms with van der Waals surface area (Å²) in [6, 6.07) is 9.80. The standard InChI is InChI=1S/C18H13F6N3O/c19-17(20,21)13-3-1-11(2-4-13)16-12(10-26-27-16)9-25-14-5-7-15(8-6-14)28-18(22,23)24/h1-8,10,25H,9H2,(H,26,27). The first-order valence-corrected chi connectivity index (χ1v) is 7.91. The Morgan fingerprint density at radius 1 is 0.893 bits per heavy atom. The average molecular weight is 401 g/mol. The zero-order valence-electron chi connectivity index (χ0n) is 14.0. The molecule has 0 unspecified atom stereocenters. The topological polar surface area (TPSA) is 49.9 Å². The second-order valence-corrected chi connectivity index (χ2v) is 5.77. The minimum Gasteiger partial charge on any atom is -0.406 e. The molecule has 28 heavy (non-hydrogen) atoms. The molecule has 2 aromatic carbocycles. The van der Waals surface area contributed by atoms with Gasteiger partial charge in [-0.3, -0.25) is 5.10 Å². The number of hydrogen-bond donors (Lipinski definition) is 2. The Kier molecular flexibility index (Phi) is 5.21. The summed E-state index contributed by atoms with van der Waals surface area (Å²) in [5.41, 5.74) is 1.52. The summed E-state index contributed by atoms with van der Waals surface area (Å²) >= 11 is 0. The maximum Gasteiger partial charge on any atom is 0.573 e. The van der Waals surface area contributed by atoms with Crippen molar-refractivity contribution in [3.05, 3.63) is 65.9 Å². The Balaban J connectivity index is 1.68. The average Bonchev–Trinajstić information content (AvgIpc) is 3.08. The fourth-order valence-electron chi connectivity index (χ4n) is 2.49. The van der Waals surface area contributed by atoms with E-state index in [1.54, 1.807) is 0 Å². The van der Waals surface area contributed by atoms with Crippen molar-refractivity contribution in [3.63, 3.8) is 0 Å². The van der Waals surface area contributed by atoms with Gasteiger partial charge in [-0.25, -0.2) is 0 Å². The van der Waals surface area contributed by atoms with E-state index >= 15 is 0 Å². The number of rotatable bonds is 5. The largest absolute Gasteiger partial charge is 0.573 e. The number of halogens is 6. The molecule has 148 valence electrons. The lowest BCUT2D eigenvalue weighted by Crippen LogP contribution is -2.17. The number of hydrogen-bond acceptors (Lipinski definition) is 3. The molecule has 0 amide bonds. The predicted octanol–water partition coefficient (Wildman–Crippen LogP) is 5.61. The van der Waals surface area contributed by atoms with Gasteiger partial charge in [-0.1, -0.05) is 12.1 Å². The molecule has 0 radical (unpaired) electrons. The van der Waals surface area contributed by atoms with E-state index in [4.69, 9.17) is 0 Å². The number of aromatic nitrogens is 2. The van der Waals surface area contributed by atoms with Crippen molar-refractivity contribution in [2.45, 2.75) is 19.1 Å². The van der Waals surface area contributed by atoms with Gasteiger partial charge in [0, 0.05) is 17.8 Å². The van der Waals surface area contributed by atoms with E-state index in [9.17, 15) is 26.3 Å². The van der Waals surface area contributed by atoms with Crippen LogP contribution in [0.4, 0.5) is 32.0 Å². The highest BCUT2D eigenvalue weighted by Gasteiger charge is 2.31. The zero-order valence-corrected chi connectivity index (χ0v) is 14.0. The van der Waals surface area contributed by atoms with Crippen molar-refractivity contribution >= 4 is 5.69 Å². The Bertz CT molecular complexity index is 914. The number of ether oxygens (including phenoxy) is 1. The van der Waals surface area contributed by atoms with Gasteiger partial charge in [0.15, 0.2) is 0 Å². The van der Waals surface area contributed by atoms with Gasteiger partial charge in [0.2, 0.25) is 0 Å². The second-order valence-electron chi connectivity index (χ2n) is 5.77. The van der Waals surface area contributed by atoms with Crippen molar-refractivity contribution in [3.8, 4) is 17.0 Å². The number of nitrogens with zero attached hydrogens (tertiary/aromatic N) is 1. The number of alkyl halides is 6. The van der Waals surface area contributed by atoms with Crippen molar-refractivity contribution in [2.75, 3.05) is 5.32 Å². The molecular formula is C18H13F6N3O. The first-order valence-electron chi connectivity index (χ1n) is 7.91. The molecule has 0 saturated heterocycles. The Labute approximate surface area is 155 Å². The van der Waals surface area contributed by atoms with Gasteiger partial charge >= 0.3 is 12.5 Å². The van der Waals surface area contributed by atoms with E-state index in [1.165, 1.54) is 42.6 Å². The summed E-state index contributed by atoms with van der Waals surface area (Å²) in [6.07, 6.45) is -7.66. The molecule has 3 aromatic rings. The third-order valence-corrected chi connectivity index (χ3v) is 3.79. The lowest BCUT2D eigenvalue weighted by Gasteiger charge is -2.11. The third-order valence-electron chi connectivity index (χ3n) is 3.79. The first-order chi connectivity index (χ1) is 13.1.